The number of aromatic nitrogens is 2. The third-order valence-corrected chi connectivity index (χ3v) is 2.84. The molecular formula is C10H14N4O4. The van der Waals surface area contributed by atoms with Crippen LogP contribution in [0.3, 0.4) is 0 Å². The Bertz CT molecular complexity index is 454. The van der Waals surface area contributed by atoms with Crippen LogP contribution in [0.5, 0.6) is 5.88 Å². The van der Waals surface area contributed by atoms with Crippen molar-refractivity contribution in [2.24, 2.45) is 0 Å². The predicted octanol–water partition coefficient (Wildman–Crippen LogP) is 0.354. The molecule has 2 heterocycles. The fourth-order valence-electron chi connectivity index (χ4n) is 2.04. The van der Waals surface area contributed by atoms with E-state index in [4.69, 9.17) is 4.74 Å². The SMILES string of the molecule is COc1ncnc(N2CCCC(O)C2)c1[N+](=O)[O-]. The summed E-state index contributed by atoms with van der Waals surface area (Å²) in [6, 6.07) is 0. The van der Waals surface area contributed by atoms with Crippen molar-refractivity contribution in [3.05, 3.63) is 16.4 Å². The maximum Gasteiger partial charge on any atom is 0.372 e. The van der Waals surface area contributed by atoms with Gasteiger partial charge in [0.25, 0.3) is 5.88 Å². The molecule has 1 N–H and O–H groups in total. The van der Waals surface area contributed by atoms with Gasteiger partial charge in [0, 0.05) is 13.1 Å². The number of anilines is 1. The molecule has 0 amide bonds. The number of aliphatic hydroxyl groups excluding tert-OH is 1. The minimum atomic E-state index is -0.560. The molecule has 8 heteroatoms. The number of β-amino-alcohol motifs (C(OH)–C–C–N with tert-alkyl or cyclic N) is 1. The minimum absolute atomic E-state index is 0.0648. The largest absolute Gasteiger partial charge is 0.476 e. The lowest BCUT2D eigenvalue weighted by molar-refractivity contribution is -0.385. The van der Waals surface area contributed by atoms with E-state index in [0.29, 0.717) is 19.5 Å². The van der Waals surface area contributed by atoms with Crippen LogP contribution in [0.4, 0.5) is 11.5 Å². The van der Waals surface area contributed by atoms with Crippen molar-refractivity contribution in [2.75, 3.05) is 25.1 Å². The number of rotatable bonds is 3. The molecule has 1 unspecified atom stereocenters. The van der Waals surface area contributed by atoms with Gasteiger partial charge in [-0.05, 0) is 12.8 Å². The summed E-state index contributed by atoms with van der Waals surface area (Å²) in [5.74, 6) is 0.135. The van der Waals surface area contributed by atoms with Crippen molar-refractivity contribution in [1.82, 2.24) is 9.97 Å². The van der Waals surface area contributed by atoms with E-state index in [2.05, 4.69) is 9.97 Å². The summed E-state index contributed by atoms with van der Waals surface area (Å²) in [7, 11) is 1.32. The first-order chi connectivity index (χ1) is 8.63. The van der Waals surface area contributed by atoms with Gasteiger partial charge in [0.1, 0.15) is 6.33 Å². The van der Waals surface area contributed by atoms with Gasteiger partial charge in [0.05, 0.1) is 18.1 Å². The Morgan fingerprint density at radius 3 is 3.00 bits per heavy atom. The highest BCUT2D eigenvalue weighted by Gasteiger charge is 2.30. The van der Waals surface area contributed by atoms with Crippen LogP contribution < -0.4 is 9.64 Å². The molecule has 1 aromatic heterocycles. The van der Waals surface area contributed by atoms with E-state index in [-0.39, 0.29) is 17.4 Å². The van der Waals surface area contributed by atoms with Gasteiger partial charge in [-0.25, -0.2) is 4.98 Å². The molecule has 0 aliphatic carbocycles. The summed E-state index contributed by atoms with van der Waals surface area (Å²) in [6.45, 7) is 0.957. The monoisotopic (exact) mass is 254 g/mol. The minimum Gasteiger partial charge on any atom is -0.476 e. The molecule has 1 saturated heterocycles. The summed E-state index contributed by atoms with van der Waals surface area (Å²) >= 11 is 0. The maximum absolute atomic E-state index is 11.1. The van der Waals surface area contributed by atoms with Crippen LogP contribution in [0, 0.1) is 10.1 Å². The average molecular weight is 254 g/mol. The molecule has 0 bridgehead atoms. The lowest BCUT2D eigenvalue weighted by atomic mass is 10.1. The van der Waals surface area contributed by atoms with Crippen molar-refractivity contribution in [2.45, 2.75) is 18.9 Å². The van der Waals surface area contributed by atoms with Gasteiger partial charge in [-0.2, -0.15) is 4.98 Å². The Kier molecular flexibility index (Phi) is 3.56. The second-order valence-corrected chi connectivity index (χ2v) is 4.05. The van der Waals surface area contributed by atoms with Crippen molar-refractivity contribution < 1.29 is 14.8 Å². The fourth-order valence-corrected chi connectivity index (χ4v) is 2.04. The van der Waals surface area contributed by atoms with Gasteiger partial charge >= 0.3 is 5.69 Å². The smallest absolute Gasteiger partial charge is 0.372 e. The number of aliphatic hydroxyl groups is 1. The molecule has 0 saturated carbocycles. The van der Waals surface area contributed by atoms with Crippen LogP contribution in [0.1, 0.15) is 12.8 Å². The summed E-state index contributed by atoms with van der Waals surface area (Å²) in [4.78, 5) is 19.9. The molecule has 1 aliphatic heterocycles. The predicted molar refractivity (Wildman–Crippen MR) is 62.7 cm³/mol. The summed E-state index contributed by atoms with van der Waals surface area (Å²) in [6.07, 6.45) is 2.21. The molecule has 1 aromatic rings. The normalized spacial score (nSPS) is 19.7. The van der Waals surface area contributed by atoms with Gasteiger partial charge in [-0.1, -0.05) is 0 Å². The number of nitro groups is 1. The van der Waals surface area contributed by atoms with E-state index in [9.17, 15) is 15.2 Å². The Labute approximate surface area is 103 Å². The quantitative estimate of drug-likeness (QED) is 0.613. The van der Waals surface area contributed by atoms with Crippen LogP contribution >= 0.6 is 0 Å². The number of hydrogen-bond acceptors (Lipinski definition) is 7. The maximum atomic E-state index is 11.1. The molecule has 0 spiro atoms. The lowest BCUT2D eigenvalue weighted by Gasteiger charge is -2.30. The van der Waals surface area contributed by atoms with E-state index in [1.165, 1.54) is 13.4 Å². The van der Waals surface area contributed by atoms with E-state index < -0.39 is 11.0 Å². The number of ether oxygens (including phenoxy) is 1. The van der Waals surface area contributed by atoms with Crippen LogP contribution in [-0.4, -0.2) is 46.3 Å². The Morgan fingerprint density at radius 2 is 2.39 bits per heavy atom. The first-order valence-corrected chi connectivity index (χ1v) is 5.60. The summed E-state index contributed by atoms with van der Waals surface area (Å²) in [5, 5.41) is 20.7. The van der Waals surface area contributed by atoms with E-state index >= 15 is 0 Å². The molecule has 98 valence electrons. The molecule has 1 aliphatic rings. The number of methoxy groups -OCH3 is 1. The second kappa shape index (κ2) is 5.13. The van der Waals surface area contributed by atoms with Crippen LogP contribution in [0.2, 0.25) is 0 Å². The van der Waals surface area contributed by atoms with Crippen molar-refractivity contribution in [3.63, 3.8) is 0 Å². The Morgan fingerprint density at radius 1 is 1.61 bits per heavy atom. The van der Waals surface area contributed by atoms with Crippen molar-refractivity contribution in [1.29, 1.82) is 0 Å². The average Bonchev–Trinajstić information content (AvgIpc) is 2.37. The third-order valence-electron chi connectivity index (χ3n) is 2.84. The van der Waals surface area contributed by atoms with Gasteiger partial charge in [0.15, 0.2) is 0 Å². The molecule has 1 fully saturated rings. The Hall–Kier alpha value is -1.96. The number of piperidine rings is 1. The molecular weight excluding hydrogens is 240 g/mol. The van der Waals surface area contributed by atoms with E-state index in [1.54, 1.807) is 4.90 Å². The van der Waals surface area contributed by atoms with E-state index in [0.717, 1.165) is 6.42 Å². The van der Waals surface area contributed by atoms with Gasteiger partial charge in [-0.15, -0.1) is 0 Å². The summed E-state index contributed by atoms with van der Waals surface area (Å²) < 4.78 is 4.88. The Balaban J connectivity index is 2.40. The molecule has 0 radical (unpaired) electrons. The van der Waals surface area contributed by atoms with Crippen molar-refractivity contribution in [3.8, 4) is 5.88 Å². The zero-order chi connectivity index (χ0) is 13.1. The summed E-state index contributed by atoms with van der Waals surface area (Å²) in [5.41, 5.74) is -0.255. The van der Waals surface area contributed by atoms with Crippen molar-refractivity contribution >= 4 is 11.5 Å². The van der Waals surface area contributed by atoms with E-state index in [1.807, 2.05) is 0 Å². The van der Waals surface area contributed by atoms with Crippen LogP contribution in [-0.2, 0) is 0 Å². The molecule has 0 aromatic carbocycles. The second-order valence-electron chi connectivity index (χ2n) is 4.05. The zero-order valence-corrected chi connectivity index (χ0v) is 9.94. The van der Waals surface area contributed by atoms with Gasteiger partial charge < -0.3 is 14.7 Å². The highest BCUT2D eigenvalue weighted by molar-refractivity contribution is 5.62. The standard InChI is InChI=1S/C10H14N4O4/c1-18-10-8(14(16)17)9(11-6-12-10)13-4-2-3-7(15)5-13/h6-7,15H,2-5H2,1H3. The number of hydrogen-bond donors (Lipinski definition) is 1. The van der Waals surface area contributed by atoms with Gasteiger partial charge in [-0.3, -0.25) is 10.1 Å². The number of nitrogens with zero attached hydrogens (tertiary/aromatic N) is 4. The van der Waals surface area contributed by atoms with Crippen LogP contribution in [0.15, 0.2) is 6.33 Å². The highest BCUT2D eigenvalue weighted by atomic mass is 16.6. The first kappa shape index (κ1) is 12.5. The zero-order valence-electron chi connectivity index (χ0n) is 9.94. The fraction of sp³-hybridized carbons (Fsp3) is 0.600. The topological polar surface area (TPSA) is 102 Å². The third kappa shape index (κ3) is 2.33. The molecule has 1 atom stereocenters. The molecule has 8 nitrogen and oxygen atoms in total. The highest BCUT2D eigenvalue weighted by Crippen LogP contribution is 2.34. The molecule has 2 rings (SSSR count). The molecule has 18 heavy (non-hydrogen) atoms. The van der Waals surface area contributed by atoms with Gasteiger partial charge in [0.2, 0.25) is 5.82 Å². The first-order valence-electron chi connectivity index (χ1n) is 5.60. The lowest BCUT2D eigenvalue weighted by Crippen LogP contribution is -2.39. The van der Waals surface area contributed by atoms with Crippen LogP contribution in [0.25, 0.3) is 0 Å².